The number of ketones is 1. The van der Waals surface area contributed by atoms with Crippen molar-refractivity contribution in [2.24, 2.45) is 5.92 Å². The van der Waals surface area contributed by atoms with Crippen LogP contribution in [0, 0.1) is 5.92 Å². The number of amides is 1. The largest absolute Gasteiger partial charge is 0.455 e. The molecule has 3 aromatic carbocycles. The summed E-state index contributed by atoms with van der Waals surface area (Å²) in [5.74, 6) is -0.410. The monoisotopic (exact) mass is 469 g/mol. The van der Waals surface area contributed by atoms with Crippen molar-refractivity contribution in [1.29, 1.82) is 0 Å². The predicted octanol–water partition coefficient (Wildman–Crippen LogP) is 4.74. The second kappa shape index (κ2) is 9.14. The zero-order valence-electron chi connectivity index (χ0n) is 17.0. The summed E-state index contributed by atoms with van der Waals surface area (Å²) in [6.45, 7) is 0. The number of carbonyl (C=O) groups excluding carboxylic acids is 2. The minimum atomic E-state index is -3.18. The Morgan fingerprint density at radius 1 is 0.938 bits per heavy atom. The van der Waals surface area contributed by atoms with Crippen molar-refractivity contribution in [2.75, 3.05) is 16.8 Å². The second-order valence-electron chi connectivity index (χ2n) is 7.55. The molecule has 0 spiro atoms. The first kappa shape index (κ1) is 22.0. The molecule has 4 rings (SSSR count). The van der Waals surface area contributed by atoms with Gasteiger partial charge in [-0.05, 0) is 48.9 Å². The van der Waals surface area contributed by atoms with Gasteiger partial charge in [0.2, 0.25) is 5.91 Å². The van der Waals surface area contributed by atoms with Crippen molar-refractivity contribution in [3.05, 3.63) is 88.9 Å². The third-order valence-corrected chi connectivity index (χ3v) is 7.19. The van der Waals surface area contributed by atoms with Gasteiger partial charge >= 0.3 is 0 Å². The quantitative estimate of drug-likeness (QED) is 0.527. The SMILES string of the molecule is O=C(c1ccccc1)c1ccc(Oc2ccc(Cl)cc2NC(=O)C2CCS(=O)(=O)C2)cc1. The highest BCUT2D eigenvalue weighted by molar-refractivity contribution is 7.91. The summed E-state index contributed by atoms with van der Waals surface area (Å²) in [5, 5.41) is 3.13. The smallest absolute Gasteiger partial charge is 0.228 e. The Morgan fingerprint density at radius 2 is 1.62 bits per heavy atom. The van der Waals surface area contributed by atoms with E-state index >= 15 is 0 Å². The van der Waals surface area contributed by atoms with Gasteiger partial charge in [-0.3, -0.25) is 9.59 Å². The number of hydrogen-bond donors (Lipinski definition) is 1. The number of carbonyl (C=O) groups is 2. The van der Waals surface area contributed by atoms with Gasteiger partial charge in [0.05, 0.1) is 23.1 Å². The van der Waals surface area contributed by atoms with Gasteiger partial charge in [-0.25, -0.2) is 8.42 Å². The van der Waals surface area contributed by atoms with Crippen molar-refractivity contribution in [2.45, 2.75) is 6.42 Å². The normalized spacial score (nSPS) is 17.0. The van der Waals surface area contributed by atoms with Crippen molar-refractivity contribution in [1.82, 2.24) is 0 Å². The van der Waals surface area contributed by atoms with Crippen LogP contribution in [-0.4, -0.2) is 31.6 Å². The number of rotatable bonds is 6. The van der Waals surface area contributed by atoms with E-state index in [1.807, 2.05) is 18.2 Å². The van der Waals surface area contributed by atoms with Crippen LogP contribution in [0.3, 0.4) is 0 Å². The lowest BCUT2D eigenvalue weighted by Gasteiger charge is -2.15. The second-order valence-corrected chi connectivity index (χ2v) is 10.2. The van der Waals surface area contributed by atoms with Gasteiger partial charge in [0, 0.05) is 16.1 Å². The highest BCUT2D eigenvalue weighted by atomic mass is 35.5. The van der Waals surface area contributed by atoms with E-state index in [-0.39, 0.29) is 23.2 Å². The molecular weight excluding hydrogens is 450 g/mol. The van der Waals surface area contributed by atoms with Crippen molar-refractivity contribution in [3.63, 3.8) is 0 Å². The molecule has 0 radical (unpaired) electrons. The van der Waals surface area contributed by atoms with E-state index in [0.29, 0.717) is 39.8 Å². The van der Waals surface area contributed by atoms with E-state index in [1.165, 1.54) is 0 Å². The Bertz CT molecular complexity index is 1260. The maximum absolute atomic E-state index is 12.6. The summed E-state index contributed by atoms with van der Waals surface area (Å²) in [6, 6.07) is 20.4. The number of ether oxygens (including phenoxy) is 1. The molecule has 6 nitrogen and oxygen atoms in total. The molecule has 0 bridgehead atoms. The van der Waals surface area contributed by atoms with Crippen molar-refractivity contribution >= 4 is 38.8 Å². The first-order chi connectivity index (χ1) is 15.3. The number of nitrogens with one attached hydrogen (secondary N) is 1. The summed E-state index contributed by atoms with van der Waals surface area (Å²) >= 11 is 6.08. The molecule has 164 valence electrons. The van der Waals surface area contributed by atoms with Crippen molar-refractivity contribution in [3.8, 4) is 11.5 Å². The number of hydrogen-bond acceptors (Lipinski definition) is 5. The Hall–Kier alpha value is -3.16. The molecule has 0 saturated carbocycles. The summed E-state index contributed by atoms with van der Waals surface area (Å²) in [4.78, 5) is 25.1. The molecule has 1 unspecified atom stereocenters. The summed E-state index contributed by atoms with van der Waals surface area (Å²) in [5.41, 5.74) is 1.46. The molecule has 1 saturated heterocycles. The molecule has 8 heteroatoms. The van der Waals surface area contributed by atoms with E-state index in [2.05, 4.69) is 5.32 Å². The third kappa shape index (κ3) is 5.18. The van der Waals surface area contributed by atoms with Crippen LogP contribution in [0.5, 0.6) is 11.5 Å². The van der Waals surface area contributed by atoms with Gasteiger partial charge < -0.3 is 10.1 Å². The molecule has 1 heterocycles. The van der Waals surface area contributed by atoms with Gasteiger partial charge in [0.15, 0.2) is 21.4 Å². The summed E-state index contributed by atoms with van der Waals surface area (Å²) in [7, 11) is -3.18. The van der Waals surface area contributed by atoms with Crippen LogP contribution in [0.1, 0.15) is 22.3 Å². The Morgan fingerprint density at radius 3 is 2.28 bits per heavy atom. The van der Waals surface area contributed by atoms with Crippen LogP contribution < -0.4 is 10.1 Å². The number of benzene rings is 3. The average molecular weight is 470 g/mol. The molecule has 1 amide bonds. The van der Waals surface area contributed by atoms with Gasteiger partial charge in [0.25, 0.3) is 0 Å². The standard InChI is InChI=1S/C24H20ClNO5S/c25-19-8-11-22(21(14-19)26-24(28)18-12-13-32(29,30)15-18)31-20-9-6-17(7-10-20)23(27)16-4-2-1-3-5-16/h1-11,14,18H,12-13,15H2,(H,26,28). The zero-order chi connectivity index (χ0) is 22.7. The predicted molar refractivity (Wildman–Crippen MR) is 123 cm³/mol. The molecule has 3 aromatic rings. The molecule has 0 aliphatic carbocycles. The van der Waals surface area contributed by atoms with Crippen LogP contribution in [0.2, 0.25) is 5.02 Å². The number of halogens is 1. The lowest BCUT2D eigenvalue weighted by atomic mass is 10.0. The Labute approximate surface area is 191 Å². The van der Waals surface area contributed by atoms with Crippen LogP contribution >= 0.6 is 11.6 Å². The molecule has 1 atom stereocenters. The fourth-order valence-corrected chi connectivity index (χ4v) is 5.40. The fraction of sp³-hybridized carbons (Fsp3) is 0.167. The van der Waals surface area contributed by atoms with Gasteiger partial charge in [-0.2, -0.15) is 0 Å². The van der Waals surface area contributed by atoms with Crippen LogP contribution in [-0.2, 0) is 14.6 Å². The first-order valence-electron chi connectivity index (χ1n) is 9.99. The van der Waals surface area contributed by atoms with Gasteiger partial charge in [-0.15, -0.1) is 0 Å². The topological polar surface area (TPSA) is 89.5 Å². The minimum Gasteiger partial charge on any atom is -0.455 e. The fourth-order valence-electron chi connectivity index (χ4n) is 3.48. The van der Waals surface area contributed by atoms with E-state index in [0.717, 1.165) is 0 Å². The number of anilines is 1. The highest BCUT2D eigenvalue weighted by Gasteiger charge is 2.33. The third-order valence-electron chi connectivity index (χ3n) is 5.18. The number of sulfone groups is 1. The molecule has 1 aliphatic heterocycles. The highest BCUT2D eigenvalue weighted by Crippen LogP contribution is 2.33. The lowest BCUT2D eigenvalue weighted by molar-refractivity contribution is -0.119. The zero-order valence-corrected chi connectivity index (χ0v) is 18.5. The summed E-state index contributed by atoms with van der Waals surface area (Å²) < 4.78 is 29.3. The molecule has 1 fully saturated rings. The maximum atomic E-state index is 12.6. The Balaban J connectivity index is 1.50. The first-order valence-corrected chi connectivity index (χ1v) is 12.2. The van der Waals surface area contributed by atoms with E-state index < -0.39 is 15.8 Å². The van der Waals surface area contributed by atoms with Crippen LogP contribution in [0.25, 0.3) is 0 Å². The van der Waals surface area contributed by atoms with Gasteiger partial charge in [0.1, 0.15) is 5.75 Å². The molecule has 32 heavy (non-hydrogen) atoms. The lowest BCUT2D eigenvalue weighted by Crippen LogP contribution is -2.23. The molecule has 1 aliphatic rings. The average Bonchev–Trinajstić information content (AvgIpc) is 3.16. The van der Waals surface area contributed by atoms with Gasteiger partial charge in [-0.1, -0.05) is 41.9 Å². The maximum Gasteiger partial charge on any atom is 0.228 e. The summed E-state index contributed by atoms with van der Waals surface area (Å²) in [6.07, 6.45) is 0.293. The van der Waals surface area contributed by atoms with Crippen LogP contribution in [0.15, 0.2) is 72.8 Å². The van der Waals surface area contributed by atoms with E-state index in [9.17, 15) is 18.0 Å². The Kier molecular flexibility index (Phi) is 6.30. The molecule has 1 N–H and O–H groups in total. The molecular formula is C24H20ClNO5S. The van der Waals surface area contributed by atoms with E-state index in [1.54, 1.807) is 54.6 Å². The van der Waals surface area contributed by atoms with Crippen LogP contribution in [0.4, 0.5) is 5.69 Å². The minimum absolute atomic E-state index is 0.0119. The van der Waals surface area contributed by atoms with Crippen molar-refractivity contribution < 1.29 is 22.7 Å². The van der Waals surface area contributed by atoms with E-state index in [4.69, 9.17) is 16.3 Å². The molecule has 0 aromatic heterocycles.